The fraction of sp³-hybridized carbons (Fsp3) is 0.0625. The molecular weight excluding hydrogens is 342 g/mol. The second kappa shape index (κ2) is 6.33. The average Bonchev–Trinajstić information content (AvgIpc) is 3.28. The van der Waals surface area contributed by atoms with Gasteiger partial charge in [-0.2, -0.15) is 4.68 Å². The summed E-state index contributed by atoms with van der Waals surface area (Å²) in [5, 5.41) is 14.5. The molecule has 1 amide bonds. The third-order valence-corrected chi connectivity index (χ3v) is 3.86. The van der Waals surface area contributed by atoms with E-state index in [-0.39, 0.29) is 5.91 Å². The molecule has 0 aliphatic rings. The lowest BCUT2D eigenvalue weighted by atomic mass is 10.1. The summed E-state index contributed by atoms with van der Waals surface area (Å²) < 4.78 is 3.26. The molecule has 1 N–H and O–H groups in total. The quantitative estimate of drug-likeness (QED) is 0.605. The van der Waals surface area contributed by atoms with Gasteiger partial charge in [0, 0.05) is 12.4 Å². The highest BCUT2D eigenvalue weighted by molar-refractivity contribution is 6.30. The molecular formula is C16H12ClN7O. The maximum atomic E-state index is 12.6. The summed E-state index contributed by atoms with van der Waals surface area (Å²) in [5.41, 5.74) is 2.58. The van der Waals surface area contributed by atoms with Gasteiger partial charge in [0.05, 0.1) is 28.5 Å². The first-order chi connectivity index (χ1) is 12.2. The van der Waals surface area contributed by atoms with Crippen molar-refractivity contribution in [2.75, 3.05) is 0 Å². The molecule has 0 saturated heterocycles. The number of amides is 1. The number of fused-ring (bicyclic) bond motifs is 1. The predicted molar refractivity (Wildman–Crippen MR) is 90.5 cm³/mol. The van der Waals surface area contributed by atoms with Crippen LogP contribution in [-0.4, -0.2) is 35.5 Å². The van der Waals surface area contributed by atoms with Crippen LogP contribution < -0.4 is 5.32 Å². The van der Waals surface area contributed by atoms with Crippen LogP contribution in [0, 0.1) is 0 Å². The number of pyridine rings is 1. The Labute approximate surface area is 147 Å². The number of carbonyl (C=O) groups is 1. The van der Waals surface area contributed by atoms with Gasteiger partial charge in [0.2, 0.25) is 0 Å². The van der Waals surface area contributed by atoms with E-state index in [1.807, 2.05) is 22.7 Å². The second-order valence-electron chi connectivity index (χ2n) is 5.30. The Morgan fingerprint density at radius 3 is 2.88 bits per heavy atom. The van der Waals surface area contributed by atoms with Gasteiger partial charge in [-0.15, -0.1) is 5.10 Å². The SMILES string of the molecule is O=C(NCc1cn2cc(Cl)ccc2n1)c1ccccc1-n1cnnn1. The zero-order valence-electron chi connectivity index (χ0n) is 12.9. The number of aromatic nitrogens is 6. The number of halogens is 1. The Bertz CT molecular complexity index is 1040. The van der Waals surface area contributed by atoms with Crippen LogP contribution in [0.5, 0.6) is 0 Å². The number of imidazole rings is 1. The van der Waals surface area contributed by atoms with E-state index in [0.717, 1.165) is 11.3 Å². The average molecular weight is 354 g/mol. The molecule has 0 aliphatic heterocycles. The Morgan fingerprint density at radius 2 is 2.04 bits per heavy atom. The Hall–Kier alpha value is -3.26. The van der Waals surface area contributed by atoms with E-state index in [1.165, 1.54) is 11.0 Å². The molecule has 8 nitrogen and oxygen atoms in total. The highest BCUT2D eigenvalue weighted by Crippen LogP contribution is 2.14. The third kappa shape index (κ3) is 3.07. The third-order valence-electron chi connectivity index (χ3n) is 3.64. The van der Waals surface area contributed by atoms with Gasteiger partial charge in [-0.1, -0.05) is 23.7 Å². The van der Waals surface area contributed by atoms with Crippen LogP contribution in [0.15, 0.2) is 55.1 Å². The Morgan fingerprint density at radius 1 is 1.16 bits per heavy atom. The molecule has 124 valence electrons. The highest BCUT2D eigenvalue weighted by atomic mass is 35.5. The first kappa shape index (κ1) is 15.3. The number of tetrazole rings is 1. The molecule has 3 aromatic heterocycles. The van der Waals surface area contributed by atoms with Crippen molar-refractivity contribution in [3.8, 4) is 5.69 Å². The van der Waals surface area contributed by atoms with E-state index in [0.29, 0.717) is 22.8 Å². The number of hydrogen-bond acceptors (Lipinski definition) is 5. The van der Waals surface area contributed by atoms with Crippen LogP contribution >= 0.6 is 11.6 Å². The summed E-state index contributed by atoms with van der Waals surface area (Å²) >= 11 is 5.96. The van der Waals surface area contributed by atoms with Gasteiger partial charge in [0.1, 0.15) is 12.0 Å². The molecule has 0 spiro atoms. The fourth-order valence-electron chi connectivity index (χ4n) is 2.51. The second-order valence-corrected chi connectivity index (χ2v) is 5.74. The standard InChI is InChI=1S/C16H12ClN7O/c17-11-5-6-15-20-12(9-23(15)8-11)7-18-16(25)13-3-1-2-4-14(13)24-10-19-21-22-24/h1-6,8-10H,7H2,(H,18,25). The summed E-state index contributed by atoms with van der Waals surface area (Å²) in [6.07, 6.45) is 5.04. The zero-order valence-corrected chi connectivity index (χ0v) is 13.6. The molecule has 0 unspecified atom stereocenters. The van der Waals surface area contributed by atoms with Crippen molar-refractivity contribution in [1.29, 1.82) is 0 Å². The van der Waals surface area contributed by atoms with E-state index in [2.05, 4.69) is 25.8 Å². The van der Waals surface area contributed by atoms with Gasteiger partial charge in [-0.05, 0) is 34.7 Å². The van der Waals surface area contributed by atoms with Gasteiger partial charge in [0.15, 0.2) is 0 Å². The Balaban J connectivity index is 1.54. The molecule has 0 aliphatic carbocycles. The lowest BCUT2D eigenvalue weighted by Crippen LogP contribution is -2.24. The van der Waals surface area contributed by atoms with Crippen LogP contribution in [-0.2, 0) is 6.54 Å². The maximum absolute atomic E-state index is 12.6. The number of benzene rings is 1. The Kier molecular flexibility index (Phi) is 3.87. The zero-order chi connectivity index (χ0) is 17.2. The number of para-hydroxylation sites is 1. The summed E-state index contributed by atoms with van der Waals surface area (Å²) in [7, 11) is 0. The van der Waals surface area contributed by atoms with Gasteiger partial charge < -0.3 is 9.72 Å². The summed E-state index contributed by atoms with van der Waals surface area (Å²) in [6.45, 7) is 0.294. The molecule has 25 heavy (non-hydrogen) atoms. The molecule has 0 fully saturated rings. The molecule has 4 rings (SSSR count). The molecule has 0 bridgehead atoms. The van der Waals surface area contributed by atoms with Crippen molar-refractivity contribution in [3.63, 3.8) is 0 Å². The van der Waals surface area contributed by atoms with Crippen LogP contribution in [0.25, 0.3) is 11.3 Å². The van der Waals surface area contributed by atoms with E-state index in [1.54, 1.807) is 30.5 Å². The number of nitrogens with one attached hydrogen (secondary N) is 1. The highest BCUT2D eigenvalue weighted by Gasteiger charge is 2.13. The first-order valence-electron chi connectivity index (χ1n) is 7.44. The van der Waals surface area contributed by atoms with E-state index >= 15 is 0 Å². The monoisotopic (exact) mass is 353 g/mol. The van der Waals surface area contributed by atoms with E-state index in [4.69, 9.17) is 11.6 Å². The smallest absolute Gasteiger partial charge is 0.253 e. The summed E-state index contributed by atoms with van der Waals surface area (Å²) in [4.78, 5) is 17.0. The van der Waals surface area contributed by atoms with E-state index in [9.17, 15) is 4.79 Å². The summed E-state index contributed by atoms with van der Waals surface area (Å²) in [6, 6.07) is 10.7. The van der Waals surface area contributed by atoms with Gasteiger partial charge >= 0.3 is 0 Å². The minimum Gasteiger partial charge on any atom is -0.346 e. The lowest BCUT2D eigenvalue weighted by molar-refractivity contribution is 0.0950. The number of hydrogen-bond donors (Lipinski definition) is 1. The van der Waals surface area contributed by atoms with Crippen LogP contribution in [0.4, 0.5) is 0 Å². The molecule has 9 heteroatoms. The van der Waals surface area contributed by atoms with Crippen molar-refractivity contribution in [3.05, 3.63) is 71.4 Å². The van der Waals surface area contributed by atoms with Crippen LogP contribution in [0.2, 0.25) is 5.02 Å². The van der Waals surface area contributed by atoms with Crippen molar-refractivity contribution in [1.82, 2.24) is 34.9 Å². The largest absolute Gasteiger partial charge is 0.346 e. The topological polar surface area (TPSA) is 90.0 Å². The number of rotatable bonds is 4. The first-order valence-corrected chi connectivity index (χ1v) is 7.82. The van der Waals surface area contributed by atoms with Crippen LogP contribution in [0.1, 0.15) is 16.1 Å². The fourth-order valence-corrected chi connectivity index (χ4v) is 2.67. The molecule has 1 aromatic carbocycles. The van der Waals surface area contributed by atoms with Gasteiger partial charge in [0.25, 0.3) is 5.91 Å². The maximum Gasteiger partial charge on any atom is 0.253 e. The predicted octanol–water partition coefficient (Wildman–Crippen LogP) is 1.89. The minimum atomic E-state index is -0.235. The minimum absolute atomic E-state index is 0.235. The summed E-state index contributed by atoms with van der Waals surface area (Å²) in [5.74, 6) is -0.235. The normalized spacial score (nSPS) is 10.9. The van der Waals surface area contributed by atoms with Gasteiger partial charge in [-0.3, -0.25) is 4.79 Å². The molecule has 3 heterocycles. The lowest BCUT2D eigenvalue weighted by Gasteiger charge is -2.08. The van der Waals surface area contributed by atoms with Crippen molar-refractivity contribution in [2.24, 2.45) is 0 Å². The van der Waals surface area contributed by atoms with Gasteiger partial charge in [-0.25, -0.2) is 4.98 Å². The van der Waals surface area contributed by atoms with Crippen molar-refractivity contribution in [2.45, 2.75) is 6.54 Å². The van der Waals surface area contributed by atoms with E-state index < -0.39 is 0 Å². The number of nitrogens with zero attached hydrogens (tertiary/aromatic N) is 6. The molecule has 0 radical (unpaired) electrons. The van der Waals surface area contributed by atoms with Crippen molar-refractivity contribution >= 4 is 23.2 Å². The number of carbonyl (C=O) groups excluding carboxylic acids is 1. The molecule has 4 aromatic rings. The van der Waals surface area contributed by atoms with Crippen molar-refractivity contribution < 1.29 is 4.79 Å². The molecule has 0 atom stereocenters. The van der Waals surface area contributed by atoms with Crippen LogP contribution in [0.3, 0.4) is 0 Å². The molecule has 0 saturated carbocycles.